The van der Waals surface area contributed by atoms with Gasteiger partial charge in [-0.15, -0.1) is 0 Å². The van der Waals surface area contributed by atoms with Crippen LogP contribution in [0.4, 0.5) is 0 Å². The fourth-order valence-corrected chi connectivity index (χ4v) is 2.02. The van der Waals surface area contributed by atoms with Gasteiger partial charge in [0.05, 0.1) is 6.07 Å². The first-order chi connectivity index (χ1) is 7.86. The number of nitrogens with zero attached hydrogens (tertiary/aromatic N) is 1. The molecule has 0 aliphatic heterocycles. The van der Waals surface area contributed by atoms with Crippen LogP contribution in [0, 0.1) is 11.3 Å². The fraction of sp³-hybridized carbons (Fsp3) is 0.133. The van der Waals surface area contributed by atoms with Gasteiger partial charge in [0.15, 0.2) is 0 Å². The average molecular weight is 207 g/mol. The maximum absolute atomic E-state index is 8.66. The van der Waals surface area contributed by atoms with E-state index in [0.29, 0.717) is 6.42 Å². The number of aryl methyl sites for hydroxylation is 1. The van der Waals surface area contributed by atoms with Crippen LogP contribution in [0.2, 0.25) is 0 Å². The third-order valence-corrected chi connectivity index (χ3v) is 2.75. The predicted molar refractivity (Wildman–Crippen MR) is 68.0 cm³/mol. The monoisotopic (exact) mass is 207 g/mol. The maximum Gasteiger partial charge on any atom is 0.0625 e. The van der Waals surface area contributed by atoms with E-state index in [0.717, 1.165) is 12.0 Å². The fourth-order valence-electron chi connectivity index (χ4n) is 2.02. The second-order valence-electron chi connectivity index (χ2n) is 3.72. The first kappa shape index (κ1) is 10.4. The van der Waals surface area contributed by atoms with Gasteiger partial charge < -0.3 is 0 Å². The van der Waals surface area contributed by atoms with Gasteiger partial charge in [-0.05, 0) is 28.3 Å². The predicted octanol–water partition coefficient (Wildman–Crippen LogP) is 3.94. The maximum atomic E-state index is 8.66. The molecule has 0 aliphatic carbocycles. The van der Waals surface area contributed by atoms with E-state index in [1.807, 2.05) is 18.2 Å². The van der Waals surface area contributed by atoms with Gasteiger partial charge in [-0.3, -0.25) is 0 Å². The molecule has 2 aromatic rings. The summed E-state index contributed by atoms with van der Waals surface area (Å²) in [7, 11) is 0. The number of benzene rings is 2. The van der Waals surface area contributed by atoms with E-state index in [9.17, 15) is 0 Å². The summed E-state index contributed by atoms with van der Waals surface area (Å²) >= 11 is 0. The minimum absolute atomic E-state index is 0.560. The molecule has 0 radical (unpaired) electrons. The van der Waals surface area contributed by atoms with Gasteiger partial charge in [-0.25, -0.2) is 0 Å². The van der Waals surface area contributed by atoms with Crippen molar-refractivity contribution in [2.45, 2.75) is 12.8 Å². The Balaban J connectivity index is 2.64. The van der Waals surface area contributed by atoms with Gasteiger partial charge in [0, 0.05) is 6.42 Å². The number of hydrogen-bond donors (Lipinski definition) is 0. The van der Waals surface area contributed by atoms with Crippen molar-refractivity contribution in [2.75, 3.05) is 0 Å². The van der Waals surface area contributed by atoms with Gasteiger partial charge in [-0.1, -0.05) is 49.1 Å². The lowest BCUT2D eigenvalue weighted by atomic mass is 9.97. The summed E-state index contributed by atoms with van der Waals surface area (Å²) in [6.45, 7) is 3.84. The van der Waals surface area contributed by atoms with Gasteiger partial charge in [0.25, 0.3) is 0 Å². The highest BCUT2D eigenvalue weighted by atomic mass is 14.2. The summed E-state index contributed by atoms with van der Waals surface area (Å²) in [5.41, 5.74) is 2.38. The van der Waals surface area contributed by atoms with Crippen molar-refractivity contribution in [1.29, 1.82) is 5.26 Å². The average Bonchev–Trinajstić information content (AvgIpc) is 2.35. The summed E-state index contributed by atoms with van der Waals surface area (Å²) in [6.07, 6.45) is 3.24. The molecule has 0 saturated heterocycles. The van der Waals surface area contributed by atoms with E-state index in [2.05, 4.69) is 36.9 Å². The Kier molecular flexibility index (Phi) is 3.03. The molecule has 1 heteroatoms. The molecule has 0 saturated carbocycles. The van der Waals surface area contributed by atoms with Crippen LogP contribution in [0.1, 0.15) is 17.5 Å². The van der Waals surface area contributed by atoms with Crippen LogP contribution in [0.3, 0.4) is 0 Å². The van der Waals surface area contributed by atoms with Gasteiger partial charge >= 0.3 is 0 Å². The van der Waals surface area contributed by atoms with Crippen molar-refractivity contribution in [2.24, 2.45) is 0 Å². The summed E-state index contributed by atoms with van der Waals surface area (Å²) in [5.74, 6) is 0. The zero-order valence-corrected chi connectivity index (χ0v) is 9.11. The Morgan fingerprint density at radius 2 is 1.94 bits per heavy atom. The van der Waals surface area contributed by atoms with Crippen LogP contribution >= 0.6 is 0 Å². The van der Waals surface area contributed by atoms with E-state index >= 15 is 0 Å². The second kappa shape index (κ2) is 4.63. The minimum Gasteiger partial charge on any atom is -0.198 e. The van der Waals surface area contributed by atoms with Crippen LogP contribution in [-0.2, 0) is 6.42 Å². The molecular weight excluding hydrogens is 194 g/mol. The van der Waals surface area contributed by atoms with Gasteiger partial charge in [-0.2, -0.15) is 5.26 Å². The van der Waals surface area contributed by atoms with Gasteiger partial charge in [0.1, 0.15) is 0 Å². The molecule has 0 aliphatic rings. The zero-order chi connectivity index (χ0) is 11.4. The Morgan fingerprint density at radius 3 is 2.62 bits per heavy atom. The number of hydrogen-bond acceptors (Lipinski definition) is 1. The zero-order valence-electron chi connectivity index (χ0n) is 9.11. The van der Waals surface area contributed by atoms with Crippen molar-refractivity contribution < 1.29 is 0 Å². The summed E-state index contributed by atoms with van der Waals surface area (Å²) in [6, 6.07) is 14.6. The Bertz CT molecular complexity index is 556. The summed E-state index contributed by atoms with van der Waals surface area (Å²) < 4.78 is 0. The lowest BCUT2D eigenvalue weighted by Gasteiger charge is -2.07. The van der Waals surface area contributed by atoms with Gasteiger partial charge in [0.2, 0.25) is 0 Å². The highest BCUT2D eigenvalue weighted by Crippen LogP contribution is 2.24. The lowest BCUT2D eigenvalue weighted by molar-refractivity contribution is 1.02. The molecule has 0 aromatic heterocycles. The number of nitriles is 1. The molecule has 2 rings (SSSR count). The Labute approximate surface area is 95.6 Å². The molecule has 16 heavy (non-hydrogen) atoms. The smallest absolute Gasteiger partial charge is 0.0625 e. The van der Waals surface area contributed by atoms with E-state index in [-0.39, 0.29) is 0 Å². The summed E-state index contributed by atoms with van der Waals surface area (Å²) in [4.78, 5) is 0. The van der Waals surface area contributed by atoms with E-state index in [1.165, 1.54) is 16.3 Å². The molecule has 1 nitrogen and oxygen atoms in total. The molecule has 2 aromatic carbocycles. The Morgan fingerprint density at radius 1 is 1.19 bits per heavy atom. The second-order valence-corrected chi connectivity index (χ2v) is 3.72. The topological polar surface area (TPSA) is 23.8 Å². The van der Waals surface area contributed by atoms with E-state index < -0.39 is 0 Å². The SMILES string of the molecule is C=Cc1cccc2cccc(CCC#N)c12. The molecule has 0 atom stereocenters. The van der Waals surface area contributed by atoms with E-state index in [4.69, 9.17) is 5.26 Å². The van der Waals surface area contributed by atoms with Crippen LogP contribution in [0.25, 0.3) is 16.8 Å². The standard InChI is InChI=1S/C15H13N/c1-2-12-6-3-7-13-8-4-9-14(15(12)13)10-5-11-16/h2-4,6-9H,1,5,10H2. The molecule has 0 fully saturated rings. The third-order valence-electron chi connectivity index (χ3n) is 2.75. The van der Waals surface area contributed by atoms with Crippen LogP contribution in [0.5, 0.6) is 0 Å². The first-order valence-corrected chi connectivity index (χ1v) is 5.37. The summed E-state index contributed by atoms with van der Waals surface area (Å²) in [5, 5.41) is 11.1. The molecule has 78 valence electrons. The molecule has 0 unspecified atom stereocenters. The van der Waals surface area contributed by atoms with Crippen LogP contribution in [-0.4, -0.2) is 0 Å². The Hall–Kier alpha value is -2.07. The molecule has 0 N–H and O–H groups in total. The quantitative estimate of drug-likeness (QED) is 0.747. The van der Waals surface area contributed by atoms with Crippen molar-refractivity contribution >= 4 is 16.8 Å². The van der Waals surface area contributed by atoms with Crippen molar-refractivity contribution in [3.63, 3.8) is 0 Å². The molecule has 0 spiro atoms. The molecule has 0 amide bonds. The largest absolute Gasteiger partial charge is 0.198 e. The first-order valence-electron chi connectivity index (χ1n) is 5.37. The van der Waals surface area contributed by atoms with Crippen LogP contribution < -0.4 is 0 Å². The van der Waals surface area contributed by atoms with E-state index in [1.54, 1.807) is 0 Å². The highest BCUT2D eigenvalue weighted by Gasteiger charge is 2.03. The van der Waals surface area contributed by atoms with Crippen LogP contribution in [0.15, 0.2) is 43.0 Å². The third kappa shape index (κ3) is 1.83. The van der Waals surface area contributed by atoms with Crippen molar-refractivity contribution in [1.82, 2.24) is 0 Å². The van der Waals surface area contributed by atoms with Crippen molar-refractivity contribution in [3.8, 4) is 6.07 Å². The molecule has 0 heterocycles. The number of rotatable bonds is 3. The highest BCUT2D eigenvalue weighted by molar-refractivity contribution is 5.93. The molecule has 0 bridgehead atoms. The minimum atomic E-state index is 0.560. The van der Waals surface area contributed by atoms with Crippen molar-refractivity contribution in [3.05, 3.63) is 54.1 Å². The normalized spacial score (nSPS) is 9.94. The molecular formula is C15H13N. The number of fused-ring (bicyclic) bond motifs is 1. The lowest BCUT2D eigenvalue weighted by Crippen LogP contribution is -1.88.